The van der Waals surface area contributed by atoms with Crippen molar-refractivity contribution in [3.05, 3.63) is 35.4 Å². The Hall–Kier alpha value is -1.77. The van der Waals surface area contributed by atoms with Crippen LogP contribution in [0, 0.1) is 5.92 Å². The van der Waals surface area contributed by atoms with Gasteiger partial charge in [0.05, 0.1) is 5.56 Å². The third-order valence-electron chi connectivity index (χ3n) is 4.81. The summed E-state index contributed by atoms with van der Waals surface area (Å²) in [6.07, 6.45) is -8.90. The highest BCUT2D eigenvalue weighted by Gasteiger charge is 2.34. The number of aliphatic carboxylic acids is 1. The van der Waals surface area contributed by atoms with Gasteiger partial charge in [0.25, 0.3) is 0 Å². The fourth-order valence-corrected chi connectivity index (χ4v) is 3.51. The molecule has 1 heterocycles. The molecule has 0 amide bonds. The second-order valence-electron chi connectivity index (χ2n) is 6.88. The van der Waals surface area contributed by atoms with Gasteiger partial charge in [0.15, 0.2) is 0 Å². The number of piperidine rings is 1. The van der Waals surface area contributed by atoms with Crippen LogP contribution >= 0.6 is 0 Å². The minimum atomic E-state index is -4.47. The highest BCUT2D eigenvalue weighted by molar-refractivity contribution is 5.67. The Labute approximate surface area is 153 Å². The van der Waals surface area contributed by atoms with Crippen molar-refractivity contribution in [2.75, 3.05) is 13.1 Å². The molecule has 0 aromatic heterocycles. The maximum absolute atomic E-state index is 12.7. The zero-order valence-electron chi connectivity index (χ0n) is 14.5. The summed E-state index contributed by atoms with van der Waals surface area (Å²) in [7, 11) is 0. The van der Waals surface area contributed by atoms with Gasteiger partial charge in [-0.05, 0) is 56.0 Å². The van der Waals surface area contributed by atoms with Gasteiger partial charge < -0.3 is 5.11 Å². The number of alkyl halides is 6. The highest BCUT2D eigenvalue weighted by Crippen LogP contribution is 2.37. The van der Waals surface area contributed by atoms with Crippen molar-refractivity contribution in [3.8, 4) is 0 Å². The van der Waals surface area contributed by atoms with Gasteiger partial charge in [0.1, 0.15) is 0 Å². The summed E-state index contributed by atoms with van der Waals surface area (Å²) < 4.78 is 75.4. The van der Waals surface area contributed by atoms with Crippen LogP contribution in [0.3, 0.4) is 0 Å². The molecule has 9 heteroatoms. The van der Waals surface area contributed by atoms with Crippen LogP contribution in [0.2, 0.25) is 0 Å². The fourth-order valence-electron chi connectivity index (χ4n) is 3.51. The van der Waals surface area contributed by atoms with Gasteiger partial charge in [-0.15, -0.1) is 0 Å². The van der Waals surface area contributed by atoms with Crippen molar-refractivity contribution in [3.63, 3.8) is 0 Å². The first-order chi connectivity index (χ1) is 12.5. The van der Waals surface area contributed by atoms with Gasteiger partial charge in [-0.1, -0.05) is 12.1 Å². The van der Waals surface area contributed by atoms with Crippen molar-refractivity contribution < 1.29 is 36.2 Å². The van der Waals surface area contributed by atoms with E-state index in [1.807, 2.05) is 4.90 Å². The monoisotopic (exact) mass is 397 g/mol. The maximum Gasteiger partial charge on any atom is 0.416 e. The predicted octanol–water partition coefficient (Wildman–Crippen LogP) is 5.28. The molecule has 1 aromatic rings. The van der Waals surface area contributed by atoms with E-state index in [9.17, 15) is 31.1 Å². The number of carboxylic acid groups (broad SMARTS) is 1. The minimum Gasteiger partial charge on any atom is -0.481 e. The highest BCUT2D eigenvalue weighted by atomic mass is 19.4. The van der Waals surface area contributed by atoms with E-state index in [1.54, 1.807) is 0 Å². The summed E-state index contributed by atoms with van der Waals surface area (Å²) in [5, 5.41) is 8.98. The maximum atomic E-state index is 12.7. The minimum absolute atomic E-state index is 0.0620. The first kappa shape index (κ1) is 21.5. The molecule has 2 rings (SSSR count). The molecule has 1 aliphatic rings. The Kier molecular flexibility index (Phi) is 6.77. The third-order valence-corrected chi connectivity index (χ3v) is 4.81. The number of hydrogen-bond acceptors (Lipinski definition) is 2. The van der Waals surface area contributed by atoms with Crippen LogP contribution in [0.25, 0.3) is 0 Å². The molecule has 0 radical (unpaired) electrons. The third kappa shape index (κ3) is 6.71. The lowest BCUT2D eigenvalue weighted by molar-refractivity contribution is -0.140. The number of benzene rings is 1. The average Bonchev–Trinajstić information content (AvgIpc) is 2.53. The molecular formula is C18H21F6NO2. The van der Waals surface area contributed by atoms with Crippen LogP contribution in [0.5, 0.6) is 0 Å². The smallest absolute Gasteiger partial charge is 0.416 e. The molecule has 1 N–H and O–H groups in total. The SMILES string of the molecule is O=C(O)CC1CCN(CCCC(F)(F)F)C(c2ccc(C(F)(F)F)cc2)C1. The lowest BCUT2D eigenvalue weighted by Crippen LogP contribution is -2.38. The Morgan fingerprint density at radius 1 is 1.11 bits per heavy atom. The number of carbonyl (C=O) groups is 1. The second-order valence-corrected chi connectivity index (χ2v) is 6.88. The number of nitrogens with zero attached hydrogens (tertiary/aromatic N) is 1. The number of hydrogen-bond donors (Lipinski definition) is 1. The fraction of sp³-hybridized carbons (Fsp3) is 0.611. The zero-order chi connectivity index (χ0) is 20.2. The first-order valence-corrected chi connectivity index (χ1v) is 8.65. The summed E-state index contributed by atoms with van der Waals surface area (Å²) in [5.74, 6) is -1.12. The number of halogens is 6. The Balaban J connectivity index is 2.14. The Morgan fingerprint density at radius 3 is 2.26 bits per heavy atom. The number of likely N-dealkylation sites (tertiary alicyclic amines) is 1. The van der Waals surface area contributed by atoms with E-state index in [1.165, 1.54) is 12.1 Å². The summed E-state index contributed by atoms with van der Waals surface area (Å²) in [5.41, 5.74) is -0.238. The van der Waals surface area contributed by atoms with Crippen molar-refractivity contribution in [1.29, 1.82) is 0 Å². The number of rotatable bonds is 6. The summed E-state index contributed by atoms with van der Waals surface area (Å²) in [6.45, 7) is 0.576. The van der Waals surface area contributed by atoms with E-state index in [2.05, 4.69) is 0 Å². The molecule has 2 unspecified atom stereocenters. The van der Waals surface area contributed by atoms with Gasteiger partial charge in [0.2, 0.25) is 0 Å². The van der Waals surface area contributed by atoms with Gasteiger partial charge in [-0.25, -0.2) is 0 Å². The molecule has 2 atom stereocenters. The van der Waals surface area contributed by atoms with E-state index in [-0.39, 0.29) is 25.3 Å². The number of carboxylic acids is 1. The molecule has 1 fully saturated rings. The quantitative estimate of drug-likeness (QED) is 0.665. The topological polar surface area (TPSA) is 40.5 Å². The molecule has 0 spiro atoms. The van der Waals surface area contributed by atoms with Crippen molar-refractivity contribution in [2.24, 2.45) is 5.92 Å². The van der Waals surface area contributed by atoms with Crippen molar-refractivity contribution >= 4 is 5.97 Å². The van der Waals surface area contributed by atoms with E-state index < -0.39 is 36.3 Å². The van der Waals surface area contributed by atoms with Gasteiger partial charge in [0, 0.05) is 18.9 Å². The Morgan fingerprint density at radius 2 is 1.74 bits per heavy atom. The lowest BCUT2D eigenvalue weighted by atomic mass is 9.85. The van der Waals surface area contributed by atoms with Crippen LogP contribution < -0.4 is 0 Å². The lowest BCUT2D eigenvalue weighted by Gasteiger charge is -2.39. The molecule has 152 valence electrons. The van der Waals surface area contributed by atoms with E-state index >= 15 is 0 Å². The van der Waals surface area contributed by atoms with Crippen molar-refractivity contribution in [2.45, 2.75) is 50.5 Å². The van der Waals surface area contributed by atoms with Crippen LogP contribution in [-0.4, -0.2) is 35.2 Å². The van der Waals surface area contributed by atoms with Crippen LogP contribution in [0.4, 0.5) is 26.3 Å². The molecule has 1 aliphatic heterocycles. The second kappa shape index (κ2) is 8.50. The molecule has 27 heavy (non-hydrogen) atoms. The van der Waals surface area contributed by atoms with Crippen molar-refractivity contribution in [1.82, 2.24) is 4.90 Å². The zero-order valence-corrected chi connectivity index (χ0v) is 14.5. The molecule has 3 nitrogen and oxygen atoms in total. The van der Waals surface area contributed by atoms with E-state index in [0.717, 1.165) is 12.1 Å². The average molecular weight is 397 g/mol. The summed E-state index contributed by atoms with van der Waals surface area (Å²) >= 11 is 0. The van der Waals surface area contributed by atoms with E-state index in [0.29, 0.717) is 24.9 Å². The predicted molar refractivity (Wildman–Crippen MR) is 86.0 cm³/mol. The molecule has 0 saturated carbocycles. The normalized spacial score (nSPS) is 22.0. The molecular weight excluding hydrogens is 376 g/mol. The first-order valence-electron chi connectivity index (χ1n) is 8.65. The summed E-state index contributed by atoms with van der Waals surface area (Å²) in [6, 6.07) is 4.16. The van der Waals surface area contributed by atoms with Gasteiger partial charge in [-0.2, -0.15) is 26.3 Å². The molecule has 1 aromatic carbocycles. The van der Waals surface area contributed by atoms with Crippen LogP contribution in [0.15, 0.2) is 24.3 Å². The van der Waals surface area contributed by atoms with Crippen LogP contribution in [-0.2, 0) is 11.0 Å². The van der Waals surface area contributed by atoms with Gasteiger partial charge in [-0.3, -0.25) is 9.69 Å². The van der Waals surface area contributed by atoms with Gasteiger partial charge >= 0.3 is 18.3 Å². The standard InChI is InChI=1S/C18H21F6NO2/c19-17(20,21)7-1-8-25-9-6-12(11-16(26)27)10-15(25)13-2-4-14(5-3-13)18(22,23)24/h2-5,12,15H,1,6-11H2,(H,26,27). The van der Waals surface area contributed by atoms with Crippen LogP contribution in [0.1, 0.15) is 49.3 Å². The largest absolute Gasteiger partial charge is 0.481 e. The Bertz CT molecular complexity index is 626. The molecule has 0 aliphatic carbocycles. The molecule has 1 saturated heterocycles. The van der Waals surface area contributed by atoms with E-state index in [4.69, 9.17) is 5.11 Å². The molecule has 0 bridgehead atoms. The summed E-state index contributed by atoms with van der Waals surface area (Å²) in [4.78, 5) is 12.8.